The number of anilines is 1. The molecule has 5 nitrogen and oxygen atoms in total. The number of aromatic nitrogens is 1. The number of nitrogens with zero attached hydrogens (tertiary/aromatic N) is 1. The molecule has 0 spiro atoms. The number of nitrogens with two attached hydrogens (primary N) is 1. The summed E-state index contributed by atoms with van der Waals surface area (Å²) in [6.07, 6.45) is 0.150. The summed E-state index contributed by atoms with van der Waals surface area (Å²) in [7, 11) is 0. The van der Waals surface area contributed by atoms with E-state index in [-0.39, 0.29) is 17.9 Å². The van der Waals surface area contributed by atoms with Crippen LogP contribution in [0.4, 0.5) is 5.13 Å². The molecule has 118 valence electrons. The van der Waals surface area contributed by atoms with Crippen LogP contribution in [0, 0.1) is 5.92 Å². The number of hydrogen-bond acceptors (Lipinski definition) is 5. The summed E-state index contributed by atoms with van der Waals surface area (Å²) in [6, 6.07) is 7.76. The Hall–Kier alpha value is -1.92. The molecule has 22 heavy (non-hydrogen) atoms. The highest BCUT2D eigenvalue weighted by atomic mass is 32.1. The number of rotatable bonds is 6. The maximum atomic E-state index is 11.8. The molecule has 1 aromatic carbocycles. The van der Waals surface area contributed by atoms with Crippen LogP contribution in [0.1, 0.15) is 20.8 Å². The van der Waals surface area contributed by atoms with Crippen LogP contribution in [0.3, 0.4) is 0 Å². The smallest absolute Gasteiger partial charge is 0.230 e. The van der Waals surface area contributed by atoms with E-state index in [1.54, 1.807) is 6.92 Å². The SMILES string of the molecule is CC(C)Oc1ccc(-c2csc(NC(=O)C(C)CN)n2)cc1. The minimum Gasteiger partial charge on any atom is -0.491 e. The van der Waals surface area contributed by atoms with Crippen LogP contribution in [0.15, 0.2) is 29.6 Å². The van der Waals surface area contributed by atoms with E-state index in [1.165, 1.54) is 11.3 Å². The quantitative estimate of drug-likeness (QED) is 0.857. The van der Waals surface area contributed by atoms with Crippen LogP contribution in [0.25, 0.3) is 11.3 Å². The fourth-order valence-corrected chi connectivity index (χ4v) is 2.50. The molecule has 0 saturated heterocycles. The van der Waals surface area contributed by atoms with Crippen molar-refractivity contribution in [1.82, 2.24) is 4.98 Å². The number of nitrogens with one attached hydrogen (secondary N) is 1. The van der Waals surface area contributed by atoms with Gasteiger partial charge in [-0.25, -0.2) is 4.98 Å². The van der Waals surface area contributed by atoms with Crippen molar-refractivity contribution in [2.75, 3.05) is 11.9 Å². The Morgan fingerprint density at radius 2 is 2.00 bits per heavy atom. The first-order valence-electron chi connectivity index (χ1n) is 7.23. The molecule has 1 unspecified atom stereocenters. The molecule has 0 aliphatic carbocycles. The van der Waals surface area contributed by atoms with Gasteiger partial charge < -0.3 is 15.8 Å². The van der Waals surface area contributed by atoms with E-state index < -0.39 is 0 Å². The first kappa shape index (κ1) is 16.5. The maximum Gasteiger partial charge on any atom is 0.230 e. The molecule has 0 aliphatic rings. The average Bonchev–Trinajstić information content (AvgIpc) is 2.95. The van der Waals surface area contributed by atoms with Crippen molar-refractivity contribution in [2.45, 2.75) is 26.9 Å². The van der Waals surface area contributed by atoms with Gasteiger partial charge in [0.05, 0.1) is 11.8 Å². The molecule has 6 heteroatoms. The molecule has 1 aromatic heterocycles. The summed E-state index contributed by atoms with van der Waals surface area (Å²) in [4.78, 5) is 16.2. The number of hydrogen-bond donors (Lipinski definition) is 2. The summed E-state index contributed by atoms with van der Waals surface area (Å²) >= 11 is 1.40. The molecule has 2 rings (SSSR count). The Bertz CT molecular complexity index is 623. The Labute approximate surface area is 134 Å². The van der Waals surface area contributed by atoms with E-state index >= 15 is 0 Å². The van der Waals surface area contributed by atoms with Gasteiger partial charge in [-0.3, -0.25) is 4.79 Å². The van der Waals surface area contributed by atoms with Gasteiger partial charge in [-0.05, 0) is 38.1 Å². The fraction of sp³-hybridized carbons (Fsp3) is 0.375. The van der Waals surface area contributed by atoms with Crippen LogP contribution in [-0.2, 0) is 4.79 Å². The van der Waals surface area contributed by atoms with Crippen LogP contribution < -0.4 is 15.8 Å². The molecule has 0 radical (unpaired) electrons. The van der Waals surface area contributed by atoms with Crippen LogP contribution >= 0.6 is 11.3 Å². The lowest BCUT2D eigenvalue weighted by Crippen LogP contribution is -2.26. The van der Waals surface area contributed by atoms with Gasteiger partial charge in [0.2, 0.25) is 5.91 Å². The lowest BCUT2D eigenvalue weighted by Gasteiger charge is -2.09. The lowest BCUT2D eigenvalue weighted by molar-refractivity contribution is -0.119. The van der Waals surface area contributed by atoms with Gasteiger partial charge in [-0.2, -0.15) is 0 Å². The Kier molecular flexibility index (Phi) is 5.51. The zero-order valence-electron chi connectivity index (χ0n) is 13.0. The molecule has 0 fully saturated rings. The van der Waals surface area contributed by atoms with Crippen molar-refractivity contribution in [3.05, 3.63) is 29.6 Å². The van der Waals surface area contributed by atoms with Gasteiger partial charge >= 0.3 is 0 Å². The van der Waals surface area contributed by atoms with E-state index in [0.29, 0.717) is 11.7 Å². The first-order valence-corrected chi connectivity index (χ1v) is 8.11. The molecular weight excluding hydrogens is 298 g/mol. The molecule has 2 aromatic rings. The molecule has 1 amide bonds. The third kappa shape index (κ3) is 4.29. The van der Waals surface area contributed by atoms with Crippen molar-refractivity contribution < 1.29 is 9.53 Å². The largest absolute Gasteiger partial charge is 0.491 e. The van der Waals surface area contributed by atoms with Crippen molar-refractivity contribution in [1.29, 1.82) is 0 Å². The van der Waals surface area contributed by atoms with Crippen molar-refractivity contribution >= 4 is 22.4 Å². The lowest BCUT2D eigenvalue weighted by atomic mass is 10.1. The highest BCUT2D eigenvalue weighted by Crippen LogP contribution is 2.27. The van der Waals surface area contributed by atoms with Crippen molar-refractivity contribution in [3.63, 3.8) is 0 Å². The number of carbonyl (C=O) groups excluding carboxylic acids is 1. The monoisotopic (exact) mass is 319 g/mol. The molecule has 3 N–H and O–H groups in total. The van der Waals surface area contributed by atoms with E-state index in [1.807, 2.05) is 43.5 Å². The first-order chi connectivity index (χ1) is 10.5. The normalized spacial score (nSPS) is 12.2. The van der Waals surface area contributed by atoms with Crippen LogP contribution in [-0.4, -0.2) is 23.5 Å². The van der Waals surface area contributed by atoms with E-state index in [2.05, 4.69) is 10.3 Å². The minimum absolute atomic E-state index is 0.107. The maximum absolute atomic E-state index is 11.8. The Balaban J connectivity index is 2.06. The zero-order chi connectivity index (χ0) is 16.1. The van der Waals surface area contributed by atoms with E-state index in [0.717, 1.165) is 17.0 Å². The summed E-state index contributed by atoms with van der Waals surface area (Å²) < 4.78 is 5.61. The van der Waals surface area contributed by atoms with Gasteiger partial charge in [0.15, 0.2) is 5.13 Å². The molecule has 0 bridgehead atoms. The minimum atomic E-state index is -0.222. The highest BCUT2D eigenvalue weighted by Gasteiger charge is 2.13. The number of carbonyl (C=O) groups is 1. The van der Waals surface area contributed by atoms with Gasteiger partial charge in [0, 0.05) is 23.4 Å². The summed E-state index contributed by atoms with van der Waals surface area (Å²) in [5, 5.41) is 5.29. The third-order valence-corrected chi connectivity index (χ3v) is 3.82. The van der Waals surface area contributed by atoms with Crippen LogP contribution in [0.2, 0.25) is 0 Å². The summed E-state index contributed by atoms with van der Waals surface area (Å²) in [5.74, 6) is 0.503. The van der Waals surface area contributed by atoms with Gasteiger partial charge in [0.25, 0.3) is 0 Å². The van der Waals surface area contributed by atoms with E-state index in [9.17, 15) is 4.79 Å². The topological polar surface area (TPSA) is 77.2 Å². The number of thiazole rings is 1. The predicted octanol–water partition coefficient (Wildman–Crippen LogP) is 3.13. The third-order valence-electron chi connectivity index (χ3n) is 3.06. The fourth-order valence-electron chi connectivity index (χ4n) is 1.78. The number of ether oxygens (including phenoxy) is 1. The summed E-state index contributed by atoms with van der Waals surface area (Å²) in [5.41, 5.74) is 7.30. The second kappa shape index (κ2) is 7.38. The average molecular weight is 319 g/mol. The molecule has 1 heterocycles. The molecule has 0 saturated carbocycles. The van der Waals surface area contributed by atoms with Crippen molar-refractivity contribution in [3.8, 4) is 17.0 Å². The molecular formula is C16H21N3O2S. The predicted molar refractivity (Wildman–Crippen MR) is 90.2 cm³/mol. The van der Waals surface area contributed by atoms with E-state index in [4.69, 9.17) is 10.5 Å². The van der Waals surface area contributed by atoms with Crippen molar-refractivity contribution in [2.24, 2.45) is 11.7 Å². The summed E-state index contributed by atoms with van der Waals surface area (Å²) in [6.45, 7) is 6.09. The Morgan fingerprint density at radius 3 is 2.59 bits per heavy atom. The second-order valence-electron chi connectivity index (χ2n) is 5.35. The van der Waals surface area contributed by atoms with Crippen LogP contribution in [0.5, 0.6) is 5.75 Å². The molecule has 1 atom stereocenters. The highest BCUT2D eigenvalue weighted by molar-refractivity contribution is 7.14. The molecule has 0 aliphatic heterocycles. The number of amides is 1. The zero-order valence-corrected chi connectivity index (χ0v) is 13.8. The second-order valence-corrected chi connectivity index (χ2v) is 6.21. The standard InChI is InChI=1S/C16H21N3O2S/c1-10(2)21-13-6-4-12(5-7-13)14-9-22-16(18-14)19-15(20)11(3)8-17/h4-7,9-11H,8,17H2,1-3H3,(H,18,19,20). The van der Waals surface area contributed by atoms with Gasteiger partial charge in [-0.1, -0.05) is 6.92 Å². The van der Waals surface area contributed by atoms with Gasteiger partial charge in [-0.15, -0.1) is 11.3 Å². The Morgan fingerprint density at radius 1 is 1.32 bits per heavy atom. The number of benzene rings is 1. The van der Waals surface area contributed by atoms with Gasteiger partial charge in [0.1, 0.15) is 5.75 Å².